The molecule has 13 heavy (non-hydrogen) atoms. The van der Waals surface area contributed by atoms with Crippen molar-refractivity contribution in [1.29, 1.82) is 0 Å². The molecule has 0 amide bonds. The minimum absolute atomic E-state index is 0.215. The highest BCUT2D eigenvalue weighted by molar-refractivity contribution is 7.91. The summed E-state index contributed by atoms with van der Waals surface area (Å²) in [6, 6.07) is 0. The minimum Gasteiger partial charge on any atom is -0.314 e. The van der Waals surface area contributed by atoms with Gasteiger partial charge in [0.2, 0.25) is 0 Å². The molecular weight excluding hydrogens is 188 g/mol. The highest BCUT2D eigenvalue weighted by Crippen LogP contribution is 2.04. The molecule has 1 aliphatic rings. The first-order valence-electron chi connectivity index (χ1n) is 4.67. The van der Waals surface area contributed by atoms with Gasteiger partial charge in [-0.15, -0.1) is 0 Å². The van der Waals surface area contributed by atoms with Gasteiger partial charge >= 0.3 is 0 Å². The summed E-state index contributed by atoms with van der Waals surface area (Å²) in [7, 11) is -2.90. The SMILES string of the molecule is CC(C)S(=O)(=O)CN1CCNCC1. The van der Waals surface area contributed by atoms with Crippen LogP contribution in [0.3, 0.4) is 0 Å². The van der Waals surface area contributed by atoms with Crippen molar-refractivity contribution < 1.29 is 8.42 Å². The third kappa shape index (κ3) is 3.25. The fourth-order valence-electron chi connectivity index (χ4n) is 1.24. The molecule has 1 N–H and O–H groups in total. The normalized spacial score (nSPS) is 20.8. The molecule has 5 heteroatoms. The van der Waals surface area contributed by atoms with Crippen molar-refractivity contribution in [3.05, 3.63) is 0 Å². The molecule has 0 spiro atoms. The third-order valence-corrected chi connectivity index (χ3v) is 4.45. The summed E-state index contributed by atoms with van der Waals surface area (Å²) in [4.78, 5) is 1.99. The van der Waals surface area contributed by atoms with Crippen molar-refractivity contribution in [2.24, 2.45) is 0 Å². The first kappa shape index (κ1) is 10.9. The van der Waals surface area contributed by atoms with Gasteiger partial charge in [0.15, 0.2) is 9.84 Å². The van der Waals surface area contributed by atoms with Gasteiger partial charge in [-0.1, -0.05) is 0 Å². The van der Waals surface area contributed by atoms with Crippen LogP contribution in [0.4, 0.5) is 0 Å². The van der Waals surface area contributed by atoms with Gasteiger partial charge in [-0.3, -0.25) is 4.90 Å². The molecule has 78 valence electrons. The predicted molar refractivity (Wildman–Crippen MR) is 53.4 cm³/mol. The third-order valence-electron chi connectivity index (χ3n) is 2.29. The summed E-state index contributed by atoms with van der Waals surface area (Å²) >= 11 is 0. The van der Waals surface area contributed by atoms with Gasteiger partial charge in [-0.2, -0.15) is 0 Å². The Morgan fingerprint density at radius 2 is 1.85 bits per heavy atom. The molecule has 0 aliphatic carbocycles. The van der Waals surface area contributed by atoms with Crippen molar-refractivity contribution in [3.8, 4) is 0 Å². The molecule has 0 atom stereocenters. The molecule has 0 aromatic rings. The van der Waals surface area contributed by atoms with E-state index in [2.05, 4.69) is 5.32 Å². The van der Waals surface area contributed by atoms with E-state index in [1.807, 2.05) is 4.90 Å². The lowest BCUT2D eigenvalue weighted by atomic mass is 10.4. The van der Waals surface area contributed by atoms with Crippen LogP contribution in [0.2, 0.25) is 0 Å². The van der Waals surface area contributed by atoms with Gasteiger partial charge in [-0.25, -0.2) is 8.42 Å². The van der Waals surface area contributed by atoms with E-state index >= 15 is 0 Å². The summed E-state index contributed by atoms with van der Waals surface area (Å²) in [5, 5.41) is 2.93. The summed E-state index contributed by atoms with van der Waals surface area (Å²) in [6.45, 7) is 6.94. The second-order valence-electron chi connectivity index (χ2n) is 3.71. The maximum absolute atomic E-state index is 11.5. The number of hydrogen-bond acceptors (Lipinski definition) is 4. The monoisotopic (exact) mass is 206 g/mol. The lowest BCUT2D eigenvalue weighted by Gasteiger charge is -2.27. The summed E-state index contributed by atoms with van der Waals surface area (Å²) in [6.07, 6.45) is 0. The summed E-state index contributed by atoms with van der Waals surface area (Å²) in [5.41, 5.74) is 0. The molecule has 1 heterocycles. The average molecular weight is 206 g/mol. The quantitative estimate of drug-likeness (QED) is 0.687. The van der Waals surface area contributed by atoms with Crippen LogP contribution in [0.15, 0.2) is 0 Å². The van der Waals surface area contributed by atoms with Gasteiger partial charge in [0.05, 0.1) is 5.25 Å². The minimum atomic E-state index is -2.90. The molecule has 1 aliphatic heterocycles. The fourth-order valence-corrected chi connectivity index (χ4v) is 2.31. The lowest BCUT2D eigenvalue weighted by Crippen LogP contribution is -2.46. The van der Waals surface area contributed by atoms with Crippen molar-refractivity contribution >= 4 is 9.84 Å². The van der Waals surface area contributed by atoms with E-state index in [4.69, 9.17) is 0 Å². The number of hydrogen-bond donors (Lipinski definition) is 1. The zero-order chi connectivity index (χ0) is 9.90. The average Bonchev–Trinajstić information content (AvgIpc) is 2.05. The molecule has 0 aromatic carbocycles. The summed E-state index contributed by atoms with van der Waals surface area (Å²) in [5.74, 6) is 0.215. The standard InChI is InChI=1S/C8H18N2O2S/c1-8(2)13(11,12)7-10-5-3-9-4-6-10/h8-9H,3-7H2,1-2H3. The van der Waals surface area contributed by atoms with Gasteiger partial charge in [0.1, 0.15) is 5.88 Å². The molecule has 1 saturated heterocycles. The van der Waals surface area contributed by atoms with Crippen molar-refractivity contribution in [1.82, 2.24) is 10.2 Å². The van der Waals surface area contributed by atoms with E-state index in [9.17, 15) is 8.42 Å². The molecule has 0 unspecified atom stereocenters. The Kier molecular flexibility index (Phi) is 3.70. The van der Waals surface area contributed by atoms with Crippen molar-refractivity contribution in [2.45, 2.75) is 19.1 Å². The maximum atomic E-state index is 11.5. The second kappa shape index (κ2) is 4.39. The topological polar surface area (TPSA) is 49.4 Å². The molecule has 0 aromatic heterocycles. The maximum Gasteiger partial charge on any atom is 0.165 e. The summed E-state index contributed by atoms with van der Waals surface area (Å²) < 4.78 is 23.1. The molecule has 1 rings (SSSR count). The first-order valence-corrected chi connectivity index (χ1v) is 6.38. The number of nitrogens with one attached hydrogen (secondary N) is 1. The number of piperazine rings is 1. The van der Waals surface area contributed by atoms with Gasteiger partial charge in [0, 0.05) is 26.2 Å². The Morgan fingerprint density at radius 3 is 2.31 bits per heavy atom. The Hall–Kier alpha value is -0.130. The highest BCUT2D eigenvalue weighted by Gasteiger charge is 2.21. The Balaban J connectivity index is 2.47. The van der Waals surface area contributed by atoms with Crippen LogP contribution in [0.5, 0.6) is 0 Å². The van der Waals surface area contributed by atoms with Crippen LogP contribution < -0.4 is 5.32 Å². The van der Waals surface area contributed by atoms with Crippen LogP contribution in [-0.4, -0.2) is 50.6 Å². The van der Waals surface area contributed by atoms with Crippen LogP contribution in [0.1, 0.15) is 13.8 Å². The van der Waals surface area contributed by atoms with E-state index in [0.717, 1.165) is 26.2 Å². The predicted octanol–water partition coefficient (Wildman–Crippen LogP) is -0.328. The molecular formula is C8H18N2O2S. The van der Waals surface area contributed by atoms with E-state index in [-0.39, 0.29) is 11.1 Å². The van der Waals surface area contributed by atoms with E-state index < -0.39 is 9.84 Å². The van der Waals surface area contributed by atoms with Crippen molar-refractivity contribution in [2.75, 3.05) is 32.1 Å². The lowest BCUT2D eigenvalue weighted by molar-refractivity contribution is 0.274. The van der Waals surface area contributed by atoms with Gasteiger partial charge in [-0.05, 0) is 13.8 Å². The van der Waals surface area contributed by atoms with Crippen LogP contribution >= 0.6 is 0 Å². The fraction of sp³-hybridized carbons (Fsp3) is 1.00. The van der Waals surface area contributed by atoms with E-state index in [1.54, 1.807) is 13.8 Å². The zero-order valence-corrected chi connectivity index (χ0v) is 9.10. The van der Waals surface area contributed by atoms with E-state index in [1.165, 1.54) is 0 Å². The molecule has 0 radical (unpaired) electrons. The number of rotatable bonds is 3. The van der Waals surface area contributed by atoms with Crippen LogP contribution in [0.25, 0.3) is 0 Å². The van der Waals surface area contributed by atoms with Gasteiger partial charge < -0.3 is 5.32 Å². The Bertz CT molecular complexity index is 243. The largest absolute Gasteiger partial charge is 0.314 e. The van der Waals surface area contributed by atoms with Gasteiger partial charge in [0.25, 0.3) is 0 Å². The Morgan fingerprint density at radius 1 is 1.31 bits per heavy atom. The second-order valence-corrected chi connectivity index (χ2v) is 6.24. The highest BCUT2D eigenvalue weighted by atomic mass is 32.2. The number of sulfone groups is 1. The van der Waals surface area contributed by atoms with Crippen LogP contribution in [-0.2, 0) is 9.84 Å². The number of nitrogens with zero attached hydrogens (tertiary/aromatic N) is 1. The molecule has 1 fully saturated rings. The molecule has 0 bridgehead atoms. The van der Waals surface area contributed by atoms with Crippen molar-refractivity contribution in [3.63, 3.8) is 0 Å². The van der Waals surface area contributed by atoms with Crippen LogP contribution in [0, 0.1) is 0 Å². The molecule has 0 saturated carbocycles. The molecule has 4 nitrogen and oxygen atoms in total. The van der Waals surface area contributed by atoms with E-state index in [0.29, 0.717) is 0 Å². The first-order chi connectivity index (χ1) is 6.02. The smallest absolute Gasteiger partial charge is 0.165 e. The zero-order valence-electron chi connectivity index (χ0n) is 8.28. The Labute approximate surface area is 80.2 Å².